The van der Waals surface area contributed by atoms with Crippen LogP contribution in [0.4, 0.5) is 0 Å². The third kappa shape index (κ3) is 21.2. The van der Waals surface area contributed by atoms with Crippen LogP contribution < -0.4 is 0 Å². The molecule has 218 valence electrons. The van der Waals surface area contributed by atoms with E-state index in [4.69, 9.17) is 40.1 Å². The first-order valence-electron chi connectivity index (χ1n) is 12.8. The highest BCUT2D eigenvalue weighted by molar-refractivity contribution is 5.69. The summed E-state index contributed by atoms with van der Waals surface area (Å²) >= 11 is 0. The average molecular weight is 531 g/mol. The number of ether oxygens (including phenoxy) is 2. The Morgan fingerprint density at radius 1 is 0.806 bits per heavy atom. The quantitative estimate of drug-likeness (QED) is 0.0783. The average Bonchev–Trinajstić information content (AvgIpc) is 3.23. The van der Waals surface area contributed by atoms with Crippen molar-refractivity contribution in [2.24, 2.45) is 0 Å². The van der Waals surface area contributed by atoms with E-state index in [0.29, 0.717) is 6.42 Å². The highest BCUT2D eigenvalue weighted by Gasteiger charge is 2.39. The molecule has 1 heterocycles. The molecule has 0 bridgehead atoms. The van der Waals surface area contributed by atoms with Gasteiger partial charge in [-0.05, 0) is 6.42 Å². The molecule has 12 heteroatoms. The second-order valence-corrected chi connectivity index (χ2v) is 8.72. The van der Waals surface area contributed by atoms with Crippen LogP contribution in [0.25, 0.3) is 0 Å². The maximum Gasteiger partial charge on any atom is 0.305 e. The van der Waals surface area contributed by atoms with E-state index in [9.17, 15) is 20.1 Å². The summed E-state index contributed by atoms with van der Waals surface area (Å²) in [5, 5.41) is 76.8. The smallest absolute Gasteiger partial charge is 0.305 e. The SMILES string of the molecule is CCCCCCCCCCCC(=O)OC[C@@H](O)[C@H]1OC[C@H](O)[C@H]1O.OCC(O)CO.OCC(O)CO. The third-order valence-corrected chi connectivity index (χ3v) is 5.31. The second-order valence-electron chi connectivity index (χ2n) is 8.72. The summed E-state index contributed by atoms with van der Waals surface area (Å²) in [6, 6.07) is 0. The van der Waals surface area contributed by atoms with Gasteiger partial charge in [0, 0.05) is 6.42 Å². The topological polar surface area (TPSA) is 218 Å². The minimum atomic E-state index is -1.14. The number of aliphatic hydroxyl groups is 9. The Kier molecular flexibility index (Phi) is 26.6. The predicted molar refractivity (Wildman–Crippen MR) is 131 cm³/mol. The van der Waals surface area contributed by atoms with E-state index >= 15 is 0 Å². The lowest BCUT2D eigenvalue weighted by molar-refractivity contribution is -0.151. The fraction of sp³-hybridized carbons (Fsp3) is 0.958. The van der Waals surface area contributed by atoms with Gasteiger partial charge < -0.3 is 55.4 Å². The lowest BCUT2D eigenvalue weighted by Gasteiger charge is -2.20. The summed E-state index contributed by atoms with van der Waals surface area (Å²) in [4.78, 5) is 11.6. The molecule has 0 spiro atoms. The van der Waals surface area contributed by atoms with Gasteiger partial charge in [0.15, 0.2) is 0 Å². The van der Waals surface area contributed by atoms with Crippen molar-refractivity contribution >= 4 is 5.97 Å². The first-order chi connectivity index (χ1) is 17.2. The van der Waals surface area contributed by atoms with Gasteiger partial charge in [-0.25, -0.2) is 0 Å². The van der Waals surface area contributed by atoms with E-state index in [2.05, 4.69) is 6.92 Å². The molecule has 0 saturated carbocycles. The Labute approximate surface area is 214 Å². The van der Waals surface area contributed by atoms with Gasteiger partial charge >= 0.3 is 5.97 Å². The molecule has 9 N–H and O–H groups in total. The first kappa shape index (κ1) is 37.2. The van der Waals surface area contributed by atoms with E-state index < -0.39 is 36.6 Å². The summed E-state index contributed by atoms with van der Waals surface area (Å²) in [6.45, 7) is 0.518. The number of unbranched alkanes of at least 4 members (excludes halogenated alkanes) is 8. The molecule has 1 rings (SSSR count). The Morgan fingerprint density at radius 2 is 1.25 bits per heavy atom. The molecule has 1 aliphatic heterocycles. The highest BCUT2D eigenvalue weighted by Crippen LogP contribution is 2.18. The van der Waals surface area contributed by atoms with E-state index in [1.54, 1.807) is 0 Å². The summed E-state index contributed by atoms with van der Waals surface area (Å²) < 4.78 is 10.1. The molecule has 0 radical (unpaired) electrons. The fourth-order valence-corrected chi connectivity index (χ4v) is 3.01. The van der Waals surface area contributed by atoms with Gasteiger partial charge in [-0.15, -0.1) is 0 Å². The summed E-state index contributed by atoms with van der Waals surface area (Å²) in [5.74, 6) is -0.343. The van der Waals surface area contributed by atoms with Crippen molar-refractivity contribution in [3.8, 4) is 0 Å². The third-order valence-electron chi connectivity index (χ3n) is 5.31. The van der Waals surface area contributed by atoms with Gasteiger partial charge in [0.25, 0.3) is 0 Å². The van der Waals surface area contributed by atoms with Crippen molar-refractivity contribution in [1.82, 2.24) is 0 Å². The van der Waals surface area contributed by atoms with Gasteiger partial charge in [-0.2, -0.15) is 0 Å². The van der Waals surface area contributed by atoms with Crippen LogP contribution >= 0.6 is 0 Å². The lowest BCUT2D eigenvalue weighted by Crippen LogP contribution is -2.41. The zero-order valence-corrected chi connectivity index (χ0v) is 21.5. The molecule has 0 aromatic rings. The number of rotatable bonds is 17. The monoisotopic (exact) mass is 530 g/mol. The number of hydrogen-bond donors (Lipinski definition) is 9. The number of esters is 1. The van der Waals surface area contributed by atoms with Gasteiger partial charge in [0.05, 0.1) is 33.0 Å². The minimum absolute atomic E-state index is 0.0186. The van der Waals surface area contributed by atoms with Crippen LogP contribution in [0.1, 0.15) is 71.1 Å². The molecule has 0 aliphatic carbocycles. The molecular weight excluding hydrogens is 480 g/mol. The first-order valence-corrected chi connectivity index (χ1v) is 12.8. The van der Waals surface area contributed by atoms with Gasteiger partial charge in [0.1, 0.15) is 43.2 Å². The molecule has 12 nitrogen and oxygen atoms in total. The summed E-state index contributed by atoms with van der Waals surface area (Å²) in [6.07, 6.45) is 4.93. The number of hydrogen-bond acceptors (Lipinski definition) is 12. The maximum atomic E-state index is 11.6. The Morgan fingerprint density at radius 3 is 1.61 bits per heavy atom. The Bertz CT molecular complexity index is 464. The summed E-state index contributed by atoms with van der Waals surface area (Å²) in [5.41, 5.74) is 0. The maximum absolute atomic E-state index is 11.6. The molecule has 36 heavy (non-hydrogen) atoms. The Hall–Kier alpha value is -0.930. The van der Waals surface area contributed by atoms with Crippen molar-refractivity contribution in [1.29, 1.82) is 0 Å². The zero-order chi connectivity index (χ0) is 27.8. The van der Waals surface area contributed by atoms with Crippen LogP contribution in [0.2, 0.25) is 0 Å². The molecule has 1 saturated heterocycles. The van der Waals surface area contributed by atoms with Crippen LogP contribution in [0.5, 0.6) is 0 Å². The zero-order valence-electron chi connectivity index (χ0n) is 21.5. The van der Waals surface area contributed by atoms with E-state index in [1.807, 2.05) is 0 Å². The van der Waals surface area contributed by atoms with Crippen molar-refractivity contribution in [2.45, 2.75) is 108 Å². The van der Waals surface area contributed by atoms with E-state index in [1.165, 1.54) is 38.5 Å². The number of carbonyl (C=O) groups is 1. The van der Waals surface area contributed by atoms with Crippen molar-refractivity contribution in [3.63, 3.8) is 0 Å². The normalized spacial score (nSPS) is 19.9. The standard InChI is InChI=1S/C18H34O6.2C3H8O3/c1-2-3-4-5-6-7-8-9-10-11-16(21)23-13-15(20)18-17(22)14(19)12-24-18;2*4-1-3(6)2-5/h14-15,17-20,22H,2-13H2,1H3;2*3-6H,1-2H2/t14-,15+,17+,18+;;/m0../s1. The molecule has 0 aromatic carbocycles. The van der Waals surface area contributed by atoms with Crippen LogP contribution in [0.15, 0.2) is 0 Å². The van der Waals surface area contributed by atoms with Crippen LogP contribution in [0, 0.1) is 0 Å². The minimum Gasteiger partial charge on any atom is -0.463 e. The molecule has 0 unspecified atom stereocenters. The molecule has 0 aromatic heterocycles. The van der Waals surface area contributed by atoms with Gasteiger partial charge in [0.2, 0.25) is 0 Å². The summed E-state index contributed by atoms with van der Waals surface area (Å²) in [7, 11) is 0. The molecular formula is C24H50O12. The van der Waals surface area contributed by atoms with Crippen LogP contribution in [-0.2, 0) is 14.3 Å². The lowest BCUT2D eigenvalue weighted by atomic mass is 10.1. The van der Waals surface area contributed by atoms with Gasteiger partial charge in [-0.3, -0.25) is 4.79 Å². The highest BCUT2D eigenvalue weighted by atomic mass is 16.6. The van der Waals surface area contributed by atoms with Crippen molar-refractivity contribution in [2.75, 3.05) is 39.6 Å². The van der Waals surface area contributed by atoms with Crippen molar-refractivity contribution < 1.29 is 60.2 Å². The molecule has 1 fully saturated rings. The number of aliphatic hydroxyl groups excluding tert-OH is 9. The molecule has 1 aliphatic rings. The van der Waals surface area contributed by atoms with Crippen LogP contribution in [-0.4, -0.2) is 128 Å². The fourth-order valence-electron chi connectivity index (χ4n) is 3.01. The van der Waals surface area contributed by atoms with Gasteiger partial charge in [-0.1, -0.05) is 58.3 Å². The largest absolute Gasteiger partial charge is 0.463 e. The Balaban J connectivity index is 0. The van der Waals surface area contributed by atoms with E-state index in [-0.39, 0.29) is 45.6 Å². The predicted octanol–water partition coefficient (Wildman–Crippen LogP) is -1.40. The van der Waals surface area contributed by atoms with Crippen LogP contribution in [0.3, 0.4) is 0 Å². The van der Waals surface area contributed by atoms with Crippen molar-refractivity contribution in [3.05, 3.63) is 0 Å². The molecule has 0 amide bonds. The molecule has 4 atom stereocenters. The second kappa shape index (κ2) is 25.7. The number of carbonyl (C=O) groups excluding carboxylic acids is 1. The van der Waals surface area contributed by atoms with E-state index in [0.717, 1.165) is 19.3 Å².